The summed E-state index contributed by atoms with van der Waals surface area (Å²) in [5.74, 6) is -0.359. The lowest BCUT2D eigenvalue weighted by atomic mass is 10.0. The molecule has 0 aliphatic carbocycles. The van der Waals surface area contributed by atoms with Crippen LogP contribution in [0, 0.1) is 22.9 Å². The van der Waals surface area contributed by atoms with Gasteiger partial charge < -0.3 is 4.90 Å². The van der Waals surface area contributed by atoms with Crippen LogP contribution in [0.2, 0.25) is 0 Å². The second kappa shape index (κ2) is 7.84. The highest BCUT2D eigenvalue weighted by molar-refractivity contribution is 5.96. The van der Waals surface area contributed by atoms with Crippen LogP contribution < -0.4 is 0 Å². The molecule has 1 heterocycles. The van der Waals surface area contributed by atoms with Gasteiger partial charge in [-0.25, -0.2) is 4.39 Å². The van der Waals surface area contributed by atoms with Crippen LogP contribution in [0.1, 0.15) is 34.5 Å². The molecular formula is C20H22FN3O3. The molecule has 0 bridgehead atoms. The number of rotatable bonds is 4. The van der Waals surface area contributed by atoms with Gasteiger partial charge in [0.1, 0.15) is 5.82 Å². The van der Waals surface area contributed by atoms with E-state index in [4.69, 9.17) is 0 Å². The van der Waals surface area contributed by atoms with Crippen molar-refractivity contribution in [2.75, 3.05) is 26.2 Å². The van der Waals surface area contributed by atoms with Gasteiger partial charge in [0.05, 0.1) is 4.92 Å². The fourth-order valence-electron chi connectivity index (χ4n) is 3.46. The van der Waals surface area contributed by atoms with Gasteiger partial charge in [-0.3, -0.25) is 19.8 Å². The number of hydrogen-bond donors (Lipinski definition) is 0. The van der Waals surface area contributed by atoms with E-state index in [1.54, 1.807) is 24.0 Å². The second-order valence-corrected chi connectivity index (χ2v) is 6.82. The lowest BCUT2D eigenvalue weighted by molar-refractivity contribution is -0.384. The summed E-state index contributed by atoms with van der Waals surface area (Å²) in [6.45, 7) is 6.25. The molecule has 1 aliphatic rings. The fourth-order valence-corrected chi connectivity index (χ4v) is 3.46. The van der Waals surface area contributed by atoms with Crippen molar-refractivity contribution in [3.8, 4) is 0 Å². The van der Waals surface area contributed by atoms with E-state index in [2.05, 4.69) is 4.90 Å². The van der Waals surface area contributed by atoms with Crippen molar-refractivity contribution in [3.63, 3.8) is 0 Å². The van der Waals surface area contributed by atoms with Crippen molar-refractivity contribution in [1.29, 1.82) is 0 Å². The van der Waals surface area contributed by atoms with Crippen LogP contribution >= 0.6 is 0 Å². The molecular weight excluding hydrogens is 349 g/mol. The van der Waals surface area contributed by atoms with Crippen molar-refractivity contribution in [1.82, 2.24) is 9.80 Å². The first-order valence-corrected chi connectivity index (χ1v) is 8.90. The van der Waals surface area contributed by atoms with Gasteiger partial charge in [0, 0.05) is 49.9 Å². The first kappa shape index (κ1) is 19.0. The quantitative estimate of drug-likeness (QED) is 0.609. The molecule has 0 spiro atoms. The van der Waals surface area contributed by atoms with Crippen LogP contribution in [0.4, 0.5) is 10.1 Å². The number of nitrogens with zero attached hydrogens (tertiary/aromatic N) is 3. The second-order valence-electron chi connectivity index (χ2n) is 6.82. The van der Waals surface area contributed by atoms with E-state index >= 15 is 0 Å². The summed E-state index contributed by atoms with van der Waals surface area (Å²) < 4.78 is 13.5. The van der Waals surface area contributed by atoms with E-state index < -0.39 is 4.92 Å². The van der Waals surface area contributed by atoms with Gasteiger partial charge in [-0.15, -0.1) is 0 Å². The van der Waals surface area contributed by atoms with E-state index in [9.17, 15) is 19.3 Å². The summed E-state index contributed by atoms with van der Waals surface area (Å²) >= 11 is 0. The Kier molecular flexibility index (Phi) is 5.51. The summed E-state index contributed by atoms with van der Waals surface area (Å²) in [4.78, 5) is 27.2. The molecule has 0 unspecified atom stereocenters. The number of hydrogen-bond acceptors (Lipinski definition) is 4. The summed E-state index contributed by atoms with van der Waals surface area (Å²) in [6, 6.07) is 11.0. The Hall–Kier alpha value is -2.80. The van der Waals surface area contributed by atoms with Crippen LogP contribution in [-0.4, -0.2) is 46.8 Å². The Labute approximate surface area is 157 Å². The average Bonchev–Trinajstić information content (AvgIpc) is 2.67. The van der Waals surface area contributed by atoms with Gasteiger partial charge in [-0.2, -0.15) is 0 Å². The molecule has 142 valence electrons. The van der Waals surface area contributed by atoms with Gasteiger partial charge in [-0.1, -0.05) is 12.1 Å². The predicted molar refractivity (Wildman–Crippen MR) is 100 cm³/mol. The van der Waals surface area contributed by atoms with Gasteiger partial charge in [0.25, 0.3) is 11.6 Å². The smallest absolute Gasteiger partial charge is 0.269 e. The zero-order valence-electron chi connectivity index (χ0n) is 15.4. The molecule has 2 aromatic rings. The molecule has 0 radical (unpaired) electrons. The zero-order valence-corrected chi connectivity index (χ0v) is 15.4. The fraction of sp³-hybridized carbons (Fsp3) is 0.350. The van der Waals surface area contributed by atoms with Crippen LogP contribution in [-0.2, 0) is 0 Å². The van der Waals surface area contributed by atoms with Gasteiger partial charge in [-0.05, 0) is 43.2 Å². The van der Waals surface area contributed by atoms with Crippen molar-refractivity contribution >= 4 is 11.6 Å². The molecule has 6 nitrogen and oxygen atoms in total. The molecule has 1 fully saturated rings. The average molecular weight is 371 g/mol. The van der Waals surface area contributed by atoms with Crippen LogP contribution in [0.25, 0.3) is 0 Å². The van der Waals surface area contributed by atoms with Crippen molar-refractivity contribution < 1.29 is 14.1 Å². The van der Waals surface area contributed by atoms with E-state index in [-0.39, 0.29) is 23.5 Å². The predicted octanol–water partition coefficient (Wildman–Crippen LogP) is 3.56. The number of carbonyl (C=O) groups is 1. The molecule has 0 N–H and O–H groups in total. The van der Waals surface area contributed by atoms with Gasteiger partial charge >= 0.3 is 0 Å². The number of aryl methyl sites for hydroxylation is 1. The number of nitro benzene ring substituents is 1. The molecule has 1 aliphatic heterocycles. The molecule has 1 atom stereocenters. The number of benzene rings is 2. The number of amides is 1. The maximum atomic E-state index is 13.5. The standard InChI is InChI=1S/C20H22FN3O3/c1-14-12-18(24(26)27)6-7-19(14)20(25)23-10-8-22(9-11-23)15(2)16-4-3-5-17(21)13-16/h3-7,12-13,15H,8-11H2,1-2H3/t15-/m0/s1. The zero-order chi connectivity index (χ0) is 19.6. The van der Waals surface area contributed by atoms with E-state index in [1.807, 2.05) is 13.0 Å². The number of non-ortho nitro benzene ring substituents is 1. The first-order valence-electron chi connectivity index (χ1n) is 8.90. The molecule has 0 saturated carbocycles. The van der Waals surface area contributed by atoms with Crippen LogP contribution in [0.15, 0.2) is 42.5 Å². The van der Waals surface area contributed by atoms with Gasteiger partial charge in [0.15, 0.2) is 0 Å². The Bertz CT molecular complexity index is 863. The minimum Gasteiger partial charge on any atom is -0.336 e. The number of carbonyl (C=O) groups excluding carboxylic acids is 1. The molecule has 1 saturated heterocycles. The van der Waals surface area contributed by atoms with Crippen molar-refractivity contribution in [3.05, 3.63) is 75.1 Å². The third kappa shape index (κ3) is 4.14. The topological polar surface area (TPSA) is 66.7 Å². The Morgan fingerprint density at radius 3 is 2.44 bits per heavy atom. The molecule has 1 amide bonds. The summed E-state index contributed by atoms with van der Waals surface area (Å²) in [6.07, 6.45) is 0. The lowest BCUT2D eigenvalue weighted by Gasteiger charge is -2.38. The largest absolute Gasteiger partial charge is 0.336 e. The first-order chi connectivity index (χ1) is 12.9. The Morgan fingerprint density at radius 2 is 1.85 bits per heavy atom. The van der Waals surface area contributed by atoms with Gasteiger partial charge in [0.2, 0.25) is 0 Å². The third-order valence-corrected chi connectivity index (χ3v) is 5.13. The lowest BCUT2D eigenvalue weighted by Crippen LogP contribution is -2.49. The molecule has 3 rings (SSSR count). The van der Waals surface area contributed by atoms with Crippen LogP contribution in [0.3, 0.4) is 0 Å². The van der Waals surface area contributed by atoms with Crippen molar-refractivity contribution in [2.45, 2.75) is 19.9 Å². The maximum Gasteiger partial charge on any atom is 0.269 e. The Morgan fingerprint density at radius 1 is 1.15 bits per heavy atom. The molecule has 27 heavy (non-hydrogen) atoms. The highest BCUT2D eigenvalue weighted by atomic mass is 19.1. The van der Waals surface area contributed by atoms with E-state index in [0.717, 1.165) is 5.56 Å². The van der Waals surface area contributed by atoms with Crippen molar-refractivity contribution in [2.24, 2.45) is 0 Å². The SMILES string of the molecule is Cc1cc([N+](=O)[O-])ccc1C(=O)N1CCN([C@@H](C)c2cccc(F)c2)CC1. The number of piperazine rings is 1. The Balaban J connectivity index is 1.65. The normalized spacial score (nSPS) is 16.2. The van der Waals surface area contributed by atoms with E-state index in [1.165, 1.54) is 24.3 Å². The monoisotopic (exact) mass is 371 g/mol. The van der Waals surface area contributed by atoms with Crippen LogP contribution in [0.5, 0.6) is 0 Å². The number of nitro groups is 1. The minimum absolute atomic E-state index is 0.0159. The highest BCUT2D eigenvalue weighted by Gasteiger charge is 2.26. The number of halogens is 1. The highest BCUT2D eigenvalue weighted by Crippen LogP contribution is 2.24. The molecule has 2 aromatic carbocycles. The molecule has 7 heteroatoms. The van der Waals surface area contributed by atoms with E-state index in [0.29, 0.717) is 37.3 Å². The summed E-state index contributed by atoms with van der Waals surface area (Å²) in [5, 5.41) is 10.9. The summed E-state index contributed by atoms with van der Waals surface area (Å²) in [7, 11) is 0. The minimum atomic E-state index is -0.464. The third-order valence-electron chi connectivity index (χ3n) is 5.13. The molecule has 0 aromatic heterocycles. The summed E-state index contributed by atoms with van der Waals surface area (Å²) in [5.41, 5.74) is 2.00. The maximum absolute atomic E-state index is 13.5.